The number of anilines is 1. The van der Waals surface area contributed by atoms with Crippen LogP contribution in [0.2, 0.25) is 0 Å². The van der Waals surface area contributed by atoms with E-state index in [4.69, 9.17) is 0 Å². The predicted molar refractivity (Wildman–Crippen MR) is 73.9 cm³/mol. The van der Waals surface area contributed by atoms with Crippen LogP contribution < -0.4 is 15.5 Å². The fourth-order valence-electron chi connectivity index (χ4n) is 2.22. The maximum absolute atomic E-state index is 11.3. The highest BCUT2D eigenvalue weighted by atomic mass is 16.2. The van der Waals surface area contributed by atoms with Gasteiger partial charge in [-0.25, -0.2) is 0 Å². The molecule has 1 aliphatic heterocycles. The average molecular weight is 261 g/mol. The number of amides is 2. The van der Waals surface area contributed by atoms with Crippen LogP contribution in [0.25, 0.3) is 0 Å². The lowest BCUT2D eigenvalue weighted by molar-refractivity contribution is -0.130. The smallest absolute Gasteiger partial charge is 0.246 e. The molecule has 1 fully saturated rings. The van der Waals surface area contributed by atoms with Crippen molar-refractivity contribution in [2.75, 3.05) is 24.5 Å². The van der Waals surface area contributed by atoms with Gasteiger partial charge in [0.25, 0.3) is 0 Å². The third kappa shape index (κ3) is 3.32. The number of benzene rings is 1. The van der Waals surface area contributed by atoms with Gasteiger partial charge in [-0.2, -0.15) is 0 Å². The third-order valence-corrected chi connectivity index (χ3v) is 3.22. The zero-order chi connectivity index (χ0) is 13.8. The van der Waals surface area contributed by atoms with Crippen LogP contribution >= 0.6 is 0 Å². The first kappa shape index (κ1) is 13.5. The number of rotatable bonds is 4. The van der Waals surface area contributed by atoms with Crippen LogP contribution in [0.5, 0.6) is 0 Å². The van der Waals surface area contributed by atoms with Crippen molar-refractivity contribution in [3.63, 3.8) is 0 Å². The fourth-order valence-corrected chi connectivity index (χ4v) is 2.22. The zero-order valence-electron chi connectivity index (χ0n) is 11.3. The Kier molecular flexibility index (Phi) is 4.16. The van der Waals surface area contributed by atoms with Crippen molar-refractivity contribution in [3.8, 4) is 0 Å². The number of imide groups is 1. The fraction of sp³-hybridized carbons (Fsp3) is 0.429. The highest BCUT2D eigenvalue weighted by molar-refractivity contribution is 6.02. The predicted octanol–water partition coefficient (Wildman–Crippen LogP) is 0.820. The normalized spacial score (nSPS) is 17.3. The molecule has 1 aliphatic rings. The van der Waals surface area contributed by atoms with Gasteiger partial charge in [0.05, 0.1) is 13.1 Å². The molecule has 1 heterocycles. The van der Waals surface area contributed by atoms with Gasteiger partial charge in [-0.05, 0) is 31.2 Å². The Hall–Kier alpha value is -1.88. The van der Waals surface area contributed by atoms with E-state index in [1.807, 2.05) is 24.3 Å². The minimum absolute atomic E-state index is 0.230. The molecule has 0 saturated carbocycles. The van der Waals surface area contributed by atoms with Gasteiger partial charge in [-0.1, -0.05) is 19.1 Å². The average Bonchev–Trinajstić information content (AvgIpc) is 2.38. The van der Waals surface area contributed by atoms with Gasteiger partial charge in [-0.3, -0.25) is 14.9 Å². The number of hydrogen-bond donors (Lipinski definition) is 2. The minimum atomic E-state index is -0.249. The zero-order valence-corrected chi connectivity index (χ0v) is 11.3. The monoisotopic (exact) mass is 261 g/mol. The molecule has 102 valence electrons. The van der Waals surface area contributed by atoms with Crippen LogP contribution in [0.1, 0.15) is 25.5 Å². The topological polar surface area (TPSA) is 61.4 Å². The van der Waals surface area contributed by atoms with E-state index in [1.165, 1.54) is 5.56 Å². The molecule has 2 rings (SSSR count). The summed E-state index contributed by atoms with van der Waals surface area (Å²) >= 11 is 0. The summed E-state index contributed by atoms with van der Waals surface area (Å²) < 4.78 is 0. The SMILES string of the molecule is CCNC(C)c1ccc(N2CC(=O)NC(=O)C2)cc1. The number of piperazine rings is 1. The molecule has 1 aromatic carbocycles. The number of hydrogen-bond acceptors (Lipinski definition) is 4. The minimum Gasteiger partial charge on any atom is -0.353 e. The summed E-state index contributed by atoms with van der Waals surface area (Å²) in [6.45, 7) is 5.56. The van der Waals surface area contributed by atoms with Gasteiger partial charge in [0.15, 0.2) is 0 Å². The quantitative estimate of drug-likeness (QED) is 0.788. The molecule has 19 heavy (non-hydrogen) atoms. The molecule has 0 bridgehead atoms. The Bertz CT molecular complexity index is 454. The molecule has 0 radical (unpaired) electrons. The Balaban J connectivity index is 2.09. The molecule has 2 amide bonds. The molecular formula is C14H19N3O2. The maximum Gasteiger partial charge on any atom is 0.246 e. The van der Waals surface area contributed by atoms with Gasteiger partial charge >= 0.3 is 0 Å². The molecule has 1 aromatic rings. The summed E-state index contributed by atoms with van der Waals surface area (Å²) in [6, 6.07) is 8.26. The molecular weight excluding hydrogens is 242 g/mol. The van der Waals surface area contributed by atoms with Gasteiger partial charge in [0.2, 0.25) is 11.8 Å². The first-order valence-electron chi connectivity index (χ1n) is 6.51. The van der Waals surface area contributed by atoms with E-state index in [-0.39, 0.29) is 24.9 Å². The molecule has 5 heteroatoms. The standard InChI is InChI=1S/C14H19N3O2/c1-3-15-10(2)11-4-6-12(7-5-11)17-8-13(18)16-14(19)9-17/h4-7,10,15H,3,8-9H2,1-2H3,(H,16,18,19). The van der Waals surface area contributed by atoms with Crippen LogP contribution in [0.4, 0.5) is 5.69 Å². The number of carbonyl (C=O) groups is 2. The van der Waals surface area contributed by atoms with Crippen LogP contribution in [-0.4, -0.2) is 31.4 Å². The van der Waals surface area contributed by atoms with E-state index in [9.17, 15) is 9.59 Å². The van der Waals surface area contributed by atoms with Crippen LogP contribution in [-0.2, 0) is 9.59 Å². The summed E-state index contributed by atoms with van der Waals surface area (Å²) in [4.78, 5) is 24.4. The summed E-state index contributed by atoms with van der Waals surface area (Å²) in [5, 5.41) is 5.64. The molecule has 0 aromatic heterocycles. The highest BCUT2D eigenvalue weighted by Gasteiger charge is 2.22. The number of nitrogens with zero attached hydrogens (tertiary/aromatic N) is 1. The van der Waals surface area contributed by atoms with E-state index < -0.39 is 0 Å². The van der Waals surface area contributed by atoms with Crippen molar-refractivity contribution >= 4 is 17.5 Å². The van der Waals surface area contributed by atoms with Crippen LogP contribution in [0.3, 0.4) is 0 Å². The lowest BCUT2D eigenvalue weighted by atomic mass is 10.1. The largest absolute Gasteiger partial charge is 0.353 e. The summed E-state index contributed by atoms with van der Waals surface area (Å²) in [5.41, 5.74) is 2.09. The van der Waals surface area contributed by atoms with E-state index in [0.29, 0.717) is 6.04 Å². The lowest BCUT2D eigenvalue weighted by Gasteiger charge is -2.27. The second-order valence-electron chi connectivity index (χ2n) is 4.70. The van der Waals surface area contributed by atoms with Crippen molar-refractivity contribution in [1.29, 1.82) is 0 Å². The Morgan fingerprint density at radius 3 is 2.32 bits per heavy atom. The van der Waals surface area contributed by atoms with Crippen molar-refractivity contribution in [2.45, 2.75) is 19.9 Å². The Morgan fingerprint density at radius 1 is 1.21 bits per heavy atom. The molecule has 1 unspecified atom stereocenters. The van der Waals surface area contributed by atoms with Gasteiger partial charge in [0.1, 0.15) is 0 Å². The highest BCUT2D eigenvalue weighted by Crippen LogP contribution is 2.19. The van der Waals surface area contributed by atoms with Gasteiger partial charge in [-0.15, -0.1) is 0 Å². The second-order valence-corrected chi connectivity index (χ2v) is 4.70. The van der Waals surface area contributed by atoms with E-state index in [0.717, 1.165) is 12.2 Å². The lowest BCUT2D eigenvalue weighted by Crippen LogP contribution is -2.51. The number of nitrogens with one attached hydrogen (secondary N) is 2. The van der Waals surface area contributed by atoms with Crippen molar-refractivity contribution in [3.05, 3.63) is 29.8 Å². The van der Waals surface area contributed by atoms with Crippen LogP contribution in [0.15, 0.2) is 24.3 Å². The summed E-state index contributed by atoms with van der Waals surface area (Å²) in [5.74, 6) is -0.498. The molecule has 0 aliphatic carbocycles. The summed E-state index contributed by atoms with van der Waals surface area (Å²) in [7, 11) is 0. The first-order valence-corrected chi connectivity index (χ1v) is 6.51. The second kappa shape index (κ2) is 5.84. The Labute approximate surface area is 113 Å². The van der Waals surface area contributed by atoms with Crippen molar-refractivity contribution < 1.29 is 9.59 Å². The van der Waals surface area contributed by atoms with Crippen molar-refractivity contribution in [1.82, 2.24) is 10.6 Å². The van der Waals surface area contributed by atoms with Crippen molar-refractivity contribution in [2.24, 2.45) is 0 Å². The molecule has 5 nitrogen and oxygen atoms in total. The maximum atomic E-state index is 11.3. The Morgan fingerprint density at radius 2 is 1.79 bits per heavy atom. The number of carbonyl (C=O) groups excluding carboxylic acids is 2. The van der Waals surface area contributed by atoms with Gasteiger partial charge < -0.3 is 10.2 Å². The summed E-state index contributed by atoms with van der Waals surface area (Å²) in [6.07, 6.45) is 0. The molecule has 0 spiro atoms. The van der Waals surface area contributed by atoms with E-state index in [2.05, 4.69) is 24.5 Å². The van der Waals surface area contributed by atoms with E-state index in [1.54, 1.807) is 4.90 Å². The molecule has 1 atom stereocenters. The van der Waals surface area contributed by atoms with E-state index >= 15 is 0 Å². The van der Waals surface area contributed by atoms with Crippen LogP contribution in [0, 0.1) is 0 Å². The van der Waals surface area contributed by atoms with Gasteiger partial charge in [0, 0.05) is 11.7 Å². The molecule has 1 saturated heterocycles. The molecule has 2 N–H and O–H groups in total. The first-order chi connectivity index (χ1) is 9.10. The third-order valence-electron chi connectivity index (χ3n) is 3.22.